The summed E-state index contributed by atoms with van der Waals surface area (Å²) in [4.78, 5) is 26.7. The Hall–Kier alpha value is -1.06. The average Bonchev–Trinajstić information content (AvgIpc) is 2.82. The lowest BCUT2D eigenvalue weighted by Gasteiger charge is -2.44. The zero-order chi connectivity index (χ0) is 14.0. The minimum atomic E-state index is -0.574. The maximum atomic E-state index is 12.8. The normalized spacial score (nSPS) is 27.7. The second-order valence-electron chi connectivity index (χ2n) is 6.31. The summed E-state index contributed by atoms with van der Waals surface area (Å²) < 4.78 is 0. The molecule has 1 heterocycles. The van der Waals surface area contributed by atoms with Crippen molar-refractivity contribution in [3.05, 3.63) is 0 Å². The molecular weight excluding hydrogens is 240 g/mol. The van der Waals surface area contributed by atoms with Crippen LogP contribution in [0, 0.1) is 5.92 Å². The highest BCUT2D eigenvalue weighted by molar-refractivity contribution is 5.99. The van der Waals surface area contributed by atoms with Crippen LogP contribution in [0.1, 0.15) is 59.3 Å². The summed E-state index contributed by atoms with van der Waals surface area (Å²) in [7, 11) is 0. The highest BCUT2D eigenvalue weighted by Crippen LogP contribution is 2.35. The van der Waals surface area contributed by atoms with E-state index in [4.69, 9.17) is 0 Å². The fourth-order valence-electron chi connectivity index (χ4n) is 3.46. The van der Waals surface area contributed by atoms with E-state index in [2.05, 4.69) is 19.2 Å². The van der Waals surface area contributed by atoms with E-state index in [9.17, 15) is 9.59 Å². The van der Waals surface area contributed by atoms with Crippen LogP contribution < -0.4 is 5.32 Å². The van der Waals surface area contributed by atoms with Crippen molar-refractivity contribution >= 4 is 11.8 Å². The van der Waals surface area contributed by atoms with Gasteiger partial charge in [0, 0.05) is 6.54 Å². The quantitative estimate of drug-likeness (QED) is 0.847. The van der Waals surface area contributed by atoms with Crippen molar-refractivity contribution < 1.29 is 9.59 Å². The minimum Gasteiger partial charge on any atom is -0.340 e. The highest BCUT2D eigenvalue weighted by Gasteiger charge is 2.50. The molecule has 1 saturated heterocycles. The van der Waals surface area contributed by atoms with Crippen molar-refractivity contribution in [2.75, 3.05) is 6.54 Å². The fraction of sp³-hybridized carbons (Fsp3) is 0.867. The molecule has 2 atom stereocenters. The predicted molar refractivity (Wildman–Crippen MR) is 74.6 cm³/mol. The Kier molecular flexibility index (Phi) is 4.16. The number of carbonyl (C=O) groups excluding carboxylic acids is 2. The molecule has 0 bridgehead atoms. The van der Waals surface area contributed by atoms with Crippen molar-refractivity contribution in [1.29, 1.82) is 0 Å². The minimum absolute atomic E-state index is 0.0187. The molecule has 19 heavy (non-hydrogen) atoms. The second-order valence-corrected chi connectivity index (χ2v) is 6.31. The van der Waals surface area contributed by atoms with E-state index in [1.807, 2.05) is 11.8 Å². The summed E-state index contributed by atoms with van der Waals surface area (Å²) >= 11 is 0. The molecule has 1 saturated carbocycles. The van der Waals surface area contributed by atoms with Gasteiger partial charge in [0.1, 0.15) is 11.6 Å². The van der Waals surface area contributed by atoms with Crippen LogP contribution in [-0.4, -0.2) is 34.8 Å². The van der Waals surface area contributed by atoms with Crippen LogP contribution in [0.3, 0.4) is 0 Å². The van der Waals surface area contributed by atoms with Crippen LogP contribution in [0.15, 0.2) is 0 Å². The molecule has 1 aliphatic heterocycles. The molecular formula is C15H26N2O2. The fourth-order valence-corrected chi connectivity index (χ4v) is 3.46. The largest absolute Gasteiger partial charge is 0.340 e. The Bertz CT molecular complexity index is 361. The van der Waals surface area contributed by atoms with Crippen LogP contribution in [-0.2, 0) is 9.59 Å². The van der Waals surface area contributed by atoms with Gasteiger partial charge in [-0.3, -0.25) is 9.59 Å². The van der Waals surface area contributed by atoms with Crippen molar-refractivity contribution in [2.24, 2.45) is 5.92 Å². The number of hydrogen-bond acceptors (Lipinski definition) is 2. The van der Waals surface area contributed by atoms with Gasteiger partial charge in [-0.2, -0.15) is 0 Å². The average molecular weight is 266 g/mol. The predicted octanol–water partition coefficient (Wildman–Crippen LogP) is 2.08. The highest BCUT2D eigenvalue weighted by atomic mass is 16.2. The molecule has 1 N–H and O–H groups in total. The van der Waals surface area contributed by atoms with Gasteiger partial charge in [-0.15, -0.1) is 0 Å². The topological polar surface area (TPSA) is 49.4 Å². The van der Waals surface area contributed by atoms with Crippen molar-refractivity contribution in [2.45, 2.75) is 70.9 Å². The Morgan fingerprint density at radius 3 is 2.58 bits per heavy atom. The molecule has 108 valence electrons. The van der Waals surface area contributed by atoms with Gasteiger partial charge in [-0.05, 0) is 32.1 Å². The monoisotopic (exact) mass is 266 g/mol. The number of piperazine rings is 1. The molecule has 2 unspecified atom stereocenters. The van der Waals surface area contributed by atoms with E-state index in [1.165, 1.54) is 0 Å². The summed E-state index contributed by atoms with van der Waals surface area (Å²) in [5.74, 6) is 0.631. The van der Waals surface area contributed by atoms with Gasteiger partial charge in [-0.1, -0.05) is 33.1 Å². The van der Waals surface area contributed by atoms with Crippen molar-refractivity contribution in [1.82, 2.24) is 10.2 Å². The van der Waals surface area contributed by atoms with E-state index in [0.717, 1.165) is 38.5 Å². The molecule has 0 aromatic carbocycles. The first kappa shape index (κ1) is 14.4. The molecule has 1 aliphatic carbocycles. The zero-order valence-electron chi connectivity index (χ0n) is 12.4. The number of nitrogens with zero attached hydrogens (tertiary/aromatic N) is 1. The summed E-state index contributed by atoms with van der Waals surface area (Å²) in [6, 6.07) is -0.321. The van der Waals surface area contributed by atoms with Crippen LogP contribution in [0.4, 0.5) is 0 Å². The molecule has 2 fully saturated rings. The van der Waals surface area contributed by atoms with Gasteiger partial charge in [0.15, 0.2) is 0 Å². The van der Waals surface area contributed by atoms with Crippen molar-refractivity contribution in [3.63, 3.8) is 0 Å². The number of carbonyl (C=O) groups is 2. The van der Waals surface area contributed by atoms with Gasteiger partial charge in [0.05, 0.1) is 0 Å². The lowest BCUT2D eigenvalue weighted by Crippen LogP contribution is -2.69. The van der Waals surface area contributed by atoms with Crippen molar-refractivity contribution in [3.8, 4) is 0 Å². The van der Waals surface area contributed by atoms with Crippen LogP contribution in [0.25, 0.3) is 0 Å². The Morgan fingerprint density at radius 2 is 2.00 bits per heavy atom. The van der Waals surface area contributed by atoms with E-state index in [1.54, 1.807) is 0 Å². The third kappa shape index (κ3) is 2.63. The summed E-state index contributed by atoms with van der Waals surface area (Å²) in [6.45, 7) is 6.87. The van der Waals surface area contributed by atoms with Gasteiger partial charge >= 0.3 is 0 Å². The Morgan fingerprint density at radius 1 is 1.37 bits per heavy atom. The van der Waals surface area contributed by atoms with E-state index >= 15 is 0 Å². The van der Waals surface area contributed by atoms with E-state index < -0.39 is 5.54 Å². The number of amides is 2. The van der Waals surface area contributed by atoms with Gasteiger partial charge < -0.3 is 10.2 Å². The molecule has 0 aromatic rings. The third-order valence-electron chi connectivity index (χ3n) is 4.63. The molecule has 4 nitrogen and oxygen atoms in total. The van der Waals surface area contributed by atoms with Crippen LogP contribution in [0.2, 0.25) is 0 Å². The maximum absolute atomic E-state index is 12.8. The second kappa shape index (κ2) is 5.51. The number of hydrogen-bond donors (Lipinski definition) is 1. The first-order valence-electron chi connectivity index (χ1n) is 7.63. The summed E-state index contributed by atoms with van der Waals surface area (Å²) in [6.07, 6.45) is 5.92. The molecule has 0 radical (unpaired) electrons. The summed E-state index contributed by atoms with van der Waals surface area (Å²) in [5, 5.41) is 3.00. The standard InChI is InChI=1S/C15H26N2O2/c1-4-7-11(2)10-17-12(3)13(18)16-15(14(17)19)8-5-6-9-15/h11-12H,4-10H2,1-3H3,(H,16,18). The molecule has 2 aliphatic rings. The first-order valence-corrected chi connectivity index (χ1v) is 7.63. The zero-order valence-corrected chi connectivity index (χ0v) is 12.4. The smallest absolute Gasteiger partial charge is 0.249 e. The maximum Gasteiger partial charge on any atom is 0.249 e. The van der Waals surface area contributed by atoms with Gasteiger partial charge in [0.2, 0.25) is 11.8 Å². The lowest BCUT2D eigenvalue weighted by molar-refractivity contribution is -0.154. The Balaban J connectivity index is 2.14. The van der Waals surface area contributed by atoms with Crippen LogP contribution >= 0.6 is 0 Å². The first-order chi connectivity index (χ1) is 9.00. The van der Waals surface area contributed by atoms with E-state index in [-0.39, 0.29) is 17.9 Å². The van der Waals surface area contributed by atoms with Crippen LogP contribution in [0.5, 0.6) is 0 Å². The Labute approximate surface area is 115 Å². The van der Waals surface area contributed by atoms with E-state index in [0.29, 0.717) is 12.5 Å². The molecule has 0 aromatic heterocycles. The number of rotatable bonds is 4. The molecule has 2 amide bonds. The van der Waals surface area contributed by atoms with Gasteiger partial charge in [0.25, 0.3) is 0 Å². The molecule has 4 heteroatoms. The van der Waals surface area contributed by atoms with Gasteiger partial charge in [-0.25, -0.2) is 0 Å². The molecule has 1 spiro atoms. The third-order valence-corrected chi connectivity index (χ3v) is 4.63. The lowest BCUT2D eigenvalue weighted by atomic mass is 9.90. The summed E-state index contributed by atoms with van der Waals surface area (Å²) in [5.41, 5.74) is -0.574. The molecule has 2 rings (SSSR count). The SMILES string of the molecule is CCCC(C)CN1C(=O)C2(CCCC2)NC(=O)C1C. The number of nitrogens with one attached hydrogen (secondary N) is 1.